The van der Waals surface area contributed by atoms with Gasteiger partial charge in [0.05, 0.1) is 0 Å². The van der Waals surface area contributed by atoms with Gasteiger partial charge in [-0.15, -0.1) is 11.6 Å². The maximum absolute atomic E-state index is 6.08. The molecule has 1 aliphatic carbocycles. The maximum atomic E-state index is 6.08. The first-order chi connectivity index (χ1) is 6.76. The van der Waals surface area contributed by atoms with Crippen LogP contribution in [0.15, 0.2) is 0 Å². The number of halogens is 1. The second-order valence-electron chi connectivity index (χ2n) is 4.60. The topological polar surface area (TPSA) is 12.0 Å². The molecule has 1 rings (SSSR count). The molecule has 0 aromatic carbocycles. The molecule has 0 bridgehead atoms. The number of hydrogen-bond acceptors (Lipinski definition) is 1. The van der Waals surface area contributed by atoms with Crippen molar-refractivity contribution in [3.8, 4) is 0 Å². The molecule has 2 heteroatoms. The summed E-state index contributed by atoms with van der Waals surface area (Å²) >= 11 is 6.08. The van der Waals surface area contributed by atoms with Crippen LogP contribution in [0.5, 0.6) is 0 Å². The zero-order valence-electron chi connectivity index (χ0n) is 9.61. The Bertz CT molecular complexity index is 140. The summed E-state index contributed by atoms with van der Waals surface area (Å²) in [6.45, 7) is 4.48. The average Bonchev–Trinajstić information content (AvgIpc) is 2.28. The van der Waals surface area contributed by atoms with Gasteiger partial charge in [-0.2, -0.15) is 0 Å². The summed E-state index contributed by atoms with van der Waals surface area (Å²) in [7, 11) is 0. The van der Waals surface area contributed by atoms with Crippen LogP contribution in [-0.2, 0) is 0 Å². The van der Waals surface area contributed by atoms with Crippen molar-refractivity contribution in [2.75, 3.05) is 5.88 Å². The first-order valence-corrected chi connectivity index (χ1v) is 6.63. The molecule has 0 saturated heterocycles. The molecule has 1 N–H and O–H groups in total. The molecule has 0 spiro atoms. The Kier molecular flexibility index (Phi) is 5.25. The Morgan fingerprint density at radius 3 is 2.14 bits per heavy atom. The van der Waals surface area contributed by atoms with E-state index in [9.17, 15) is 0 Å². The predicted octanol–water partition coefficient (Wildman–Crippen LogP) is 3.71. The summed E-state index contributed by atoms with van der Waals surface area (Å²) in [5.41, 5.74) is 0.198. The van der Waals surface area contributed by atoms with Crippen molar-refractivity contribution in [1.29, 1.82) is 0 Å². The number of alkyl halides is 1. The van der Waals surface area contributed by atoms with Gasteiger partial charge in [-0.05, 0) is 25.7 Å². The van der Waals surface area contributed by atoms with Crippen molar-refractivity contribution in [3.05, 3.63) is 0 Å². The molecule has 0 heterocycles. The number of rotatable bonds is 5. The molecule has 0 atom stereocenters. The molecule has 84 valence electrons. The third-order valence-corrected chi connectivity index (χ3v) is 4.24. The first-order valence-electron chi connectivity index (χ1n) is 6.10. The molecule has 0 amide bonds. The highest BCUT2D eigenvalue weighted by Crippen LogP contribution is 2.24. The zero-order chi connectivity index (χ0) is 10.4. The van der Waals surface area contributed by atoms with Crippen LogP contribution >= 0.6 is 11.6 Å². The monoisotopic (exact) mass is 217 g/mol. The van der Waals surface area contributed by atoms with Crippen molar-refractivity contribution in [3.63, 3.8) is 0 Å². The van der Waals surface area contributed by atoms with E-state index in [1.54, 1.807) is 0 Å². The minimum Gasteiger partial charge on any atom is -0.307 e. The molecule has 0 aromatic rings. The lowest BCUT2D eigenvalue weighted by atomic mass is 9.89. The lowest BCUT2D eigenvalue weighted by Crippen LogP contribution is -2.51. The highest BCUT2D eigenvalue weighted by Gasteiger charge is 2.28. The molecular formula is C12H24ClN. The van der Waals surface area contributed by atoms with E-state index in [0.717, 1.165) is 24.8 Å². The largest absolute Gasteiger partial charge is 0.307 e. The summed E-state index contributed by atoms with van der Waals surface area (Å²) in [4.78, 5) is 0. The molecule has 0 unspecified atom stereocenters. The Labute approximate surface area is 93.6 Å². The molecule has 1 saturated carbocycles. The molecule has 1 nitrogen and oxygen atoms in total. The third kappa shape index (κ3) is 3.13. The zero-order valence-corrected chi connectivity index (χ0v) is 10.4. The smallest absolute Gasteiger partial charge is 0.0405 e. The first kappa shape index (κ1) is 12.3. The predicted molar refractivity (Wildman–Crippen MR) is 64.0 cm³/mol. The highest BCUT2D eigenvalue weighted by molar-refractivity contribution is 6.18. The molecule has 1 aliphatic rings. The fourth-order valence-electron chi connectivity index (χ4n) is 2.36. The normalized spacial score (nSPS) is 19.9. The molecule has 1 fully saturated rings. The van der Waals surface area contributed by atoms with E-state index in [1.807, 2.05) is 0 Å². The summed E-state index contributed by atoms with van der Waals surface area (Å²) in [5.74, 6) is 0.747. The highest BCUT2D eigenvalue weighted by atomic mass is 35.5. The van der Waals surface area contributed by atoms with Gasteiger partial charge in [0.1, 0.15) is 0 Å². The molecule has 0 aromatic heterocycles. The lowest BCUT2D eigenvalue weighted by Gasteiger charge is -2.37. The van der Waals surface area contributed by atoms with Crippen molar-refractivity contribution >= 4 is 11.6 Å². The lowest BCUT2D eigenvalue weighted by molar-refractivity contribution is 0.253. The van der Waals surface area contributed by atoms with Crippen LogP contribution in [0, 0.1) is 0 Å². The number of hydrogen-bond donors (Lipinski definition) is 1. The van der Waals surface area contributed by atoms with Crippen LogP contribution in [0.25, 0.3) is 0 Å². The maximum Gasteiger partial charge on any atom is 0.0405 e. The van der Waals surface area contributed by atoms with Crippen LogP contribution in [0.2, 0.25) is 0 Å². The van der Waals surface area contributed by atoms with E-state index in [4.69, 9.17) is 11.6 Å². The van der Waals surface area contributed by atoms with Crippen LogP contribution in [-0.4, -0.2) is 17.5 Å². The Morgan fingerprint density at radius 2 is 1.71 bits per heavy atom. The van der Waals surface area contributed by atoms with Crippen molar-refractivity contribution < 1.29 is 0 Å². The van der Waals surface area contributed by atoms with Crippen molar-refractivity contribution in [2.24, 2.45) is 0 Å². The van der Waals surface area contributed by atoms with E-state index in [-0.39, 0.29) is 5.54 Å². The van der Waals surface area contributed by atoms with Crippen molar-refractivity contribution in [2.45, 2.75) is 70.4 Å². The van der Waals surface area contributed by atoms with Gasteiger partial charge in [-0.25, -0.2) is 0 Å². The average molecular weight is 218 g/mol. The minimum absolute atomic E-state index is 0.198. The minimum atomic E-state index is 0.198. The van der Waals surface area contributed by atoms with Gasteiger partial charge in [-0.1, -0.05) is 33.1 Å². The Morgan fingerprint density at radius 1 is 1.14 bits per heavy atom. The molecule has 0 aliphatic heterocycles. The van der Waals surface area contributed by atoms with E-state index < -0.39 is 0 Å². The standard InChI is InChI=1S/C12H24ClN/c1-3-12(4-2,10-13)14-11-8-6-5-7-9-11/h11,14H,3-10H2,1-2H3. The summed E-state index contributed by atoms with van der Waals surface area (Å²) in [6.07, 6.45) is 9.18. The Hall–Kier alpha value is 0.250. The van der Waals surface area contributed by atoms with Crippen molar-refractivity contribution in [1.82, 2.24) is 5.32 Å². The summed E-state index contributed by atoms with van der Waals surface area (Å²) in [5, 5.41) is 3.79. The second kappa shape index (κ2) is 5.97. The van der Waals surface area contributed by atoms with E-state index in [2.05, 4.69) is 19.2 Å². The Balaban J connectivity index is 2.44. The quantitative estimate of drug-likeness (QED) is 0.693. The molecule has 0 radical (unpaired) electrons. The summed E-state index contributed by atoms with van der Waals surface area (Å²) in [6, 6.07) is 0.724. The van der Waals surface area contributed by atoms with E-state index in [0.29, 0.717) is 0 Å². The van der Waals surface area contributed by atoms with Crippen LogP contribution in [0.3, 0.4) is 0 Å². The molecular weight excluding hydrogens is 194 g/mol. The second-order valence-corrected chi connectivity index (χ2v) is 4.87. The summed E-state index contributed by atoms with van der Waals surface area (Å²) < 4.78 is 0. The molecule has 14 heavy (non-hydrogen) atoms. The van der Waals surface area contributed by atoms with Gasteiger partial charge in [0.15, 0.2) is 0 Å². The van der Waals surface area contributed by atoms with Gasteiger partial charge in [0.2, 0.25) is 0 Å². The van der Waals surface area contributed by atoms with Gasteiger partial charge in [0.25, 0.3) is 0 Å². The van der Waals surface area contributed by atoms with E-state index in [1.165, 1.54) is 32.1 Å². The third-order valence-electron chi connectivity index (χ3n) is 3.72. The number of nitrogens with one attached hydrogen (secondary N) is 1. The SMILES string of the molecule is CCC(CC)(CCl)NC1CCCCC1. The van der Waals surface area contributed by atoms with E-state index >= 15 is 0 Å². The van der Waals surface area contributed by atoms with Crippen LogP contribution < -0.4 is 5.32 Å². The fraction of sp³-hybridized carbons (Fsp3) is 1.00. The van der Waals surface area contributed by atoms with Crippen LogP contribution in [0.4, 0.5) is 0 Å². The van der Waals surface area contributed by atoms with Gasteiger partial charge in [-0.3, -0.25) is 0 Å². The van der Waals surface area contributed by atoms with Gasteiger partial charge in [0, 0.05) is 17.5 Å². The van der Waals surface area contributed by atoms with Gasteiger partial charge >= 0.3 is 0 Å². The van der Waals surface area contributed by atoms with Gasteiger partial charge < -0.3 is 5.32 Å². The fourth-order valence-corrected chi connectivity index (χ4v) is 2.82. The van der Waals surface area contributed by atoms with Crippen LogP contribution in [0.1, 0.15) is 58.8 Å².